The molecule has 4 heterocycles. The minimum Gasteiger partial charge on any atom is -0.338 e. The standard InChI is InChI=1S/C19H17N5O2S2/c1-10(16-21-15(23-26-16)11-6-8-20-9-7-11)27-19-22-17-14(18(25)24(19)2)12-4-3-5-13(12)28-17/h6-10H,3-5H2,1-2H3. The molecule has 0 saturated carbocycles. The van der Waals surface area contributed by atoms with E-state index in [9.17, 15) is 4.79 Å². The van der Waals surface area contributed by atoms with Gasteiger partial charge >= 0.3 is 0 Å². The number of aryl methyl sites for hydroxylation is 2. The number of rotatable bonds is 4. The van der Waals surface area contributed by atoms with E-state index in [1.165, 1.54) is 22.2 Å². The van der Waals surface area contributed by atoms with Crippen molar-refractivity contribution in [3.05, 3.63) is 51.2 Å². The Hall–Kier alpha value is -2.52. The van der Waals surface area contributed by atoms with Gasteiger partial charge in [0.1, 0.15) is 4.83 Å². The van der Waals surface area contributed by atoms with Crippen LogP contribution in [-0.4, -0.2) is 24.7 Å². The van der Waals surface area contributed by atoms with Crippen LogP contribution < -0.4 is 5.56 Å². The highest BCUT2D eigenvalue weighted by atomic mass is 32.2. The van der Waals surface area contributed by atoms with E-state index in [1.807, 2.05) is 19.1 Å². The molecule has 142 valence electrons. The van der Waals surface area contributed by atoms with Crippen LogP contribution in [0.5, 0.6) is 0 Å². The van der Waals surface area contributed by atoms with Crippen LogP contribution in [0.3, 0.4) is 0 Å². The molecule has 0 N–H and O–H groups in total. The molecule has 0 bridgehead atoms. The van der Waals surface area contributed by atoms with Gasteiger partial charge in [0.15, 0.2) is 5.16 Å². The lowest BCUT2D eigenvalue weighted by atomic mass is 10.2. The number of hydrogen-bond acceptors (Lipinski definition) is 8. The van der Waals surface area contributed by atoms with Gasteiger partial charge in [-0.3, -0.25) is 14.3 Å². The van der Waals surface area contributed by atoms with Crippen molar-refractivity contribution in [2.45, 2.75) is 36.6 Å². The SMILES string of the molecule is CC(Sc1nc2sc3c(c2c(=O)n1C)CCC3)c1nc(-c2ccncc2)no1. The zero-order valence-corrected chi connectivity index (χ0v) is 17.0. The molecule has 1 unspecified atom stereocenters. The Balaban J connectivity index is 1.46. The topological polar surface area (TPSA) is 86.7 Å². The first kappa shape index (κ1) is 17.6. The second-order valence-electron chi connectivity index (χ2n) is 6.75. The average Bonchev–Trinajstić information content (AvgIpc) is 3.42. The summed E-state index contributed by atoms with van der Waals surface area (Å²) in [6.45, 7) is 1.97. The van der Waals surface area contributed by atoms with E-state index in [1.54, 1.807) is 35.3 Å². The van der Waals surface area contributed by atoms with Crippen molar-refractivity contribution >= 4 is 33.3 Å². The molecule has 0 spiro atoms. The molecule has 1 aliphatic carbocycles. The third kappa shape index (κ3) is 2.85. The fraction of sp³-hybridized carbons (Fsp3) is 0.316. The predicted octanol–water partition coefficient (Wildman–Crippen LogP) is 3.78. The zero-order valence-electron chi connectivity index (χ0n) is 15.4. The summed E-state index contributed by atoms with van der Waals surface area (Å²) < 4.78 is 7.08. The number of nitrogens with zero attached hydrogens (tertiary/aromatic N) is 5. The summed E-state index contributed by atoms with van der Waals surface area (Å²) in [7, 11) is 1.78. The van der Waals surface area contributed by atoms with E-state index in [0.29, 0.717) is 16.9 Å². The van der Waals surface area contributed by atoms with Crippen molar-refractivity contribution in [1.82, 2.24) is 24.7 Å². The van der Waals surface area contributed by atoms with Gasteiger partial charge in [-0.25, -0.2) is 4.98 Å². The van der Waals surface area contributed by atoms with Crippen LogP contribution in [0.4, 0.5) is 0 Å². The molecule has 0 aromatic carbocycles. The highest BCUT2D eigenvalue weighted by molar-refractivity contribution is 7.99. The number of thiophene rings is 1. The summed E-state index contributed by atoms with van der Waals surface area (Å²) in [5.74, 6) is 1.02. The quantitative estimate of drug-likeness (QED) is 0.373. The molecule has 0 radical (unpaired) electrons. The van der Waals surface area contributed by atoms with Crippen LogP contribution in [0, 0.1) is 0 Å². The van der Waals surface area contributed by atoms with E-state index in [2.05, 4.69) is 15.1 Å². The molecule has 28 heavy (non-hydrogen) atoms. The molecular formula is C19H17N5O2S2. The molecule has 4 aromatic rings. The second kappa shape index (κ2) is 6.82. The summed E-state index contributed by atoms with van der Waals surface area (Å²) in [4.78, 5) is 28.4. The lowest BCUT2D eigenvalue weighted by molar-refractivity contribution is 0.380. The summed E-state index contributed by atoms with van der Waals surface area (Å²) in [5.41, 5.74) is 2.08. The van der Waals surface area contributed by atoms with Crippen molar-refractivity contribution < 1.29 is 4.52 Å². The third-order valence-electron chi connectivity index (χ3n) is 4.92. The van der Waals surface area contributed by atoms with Gasteiger partial charge in [0.05, 0.1) is 10.6 Å². The first-order chi connectivity index (χ1) is 13.6. The van der Waals surface area contributed by atoms with Crippen molar-refractivity contribution in [2.75, 3.05) is 0 Å². The van der Waals surface area contributed by atoms with Gasteiger partial charge in [0, 0.05) is 29.9 Å². The number of pyridine rings is 1. The molecule has 7 nitrogen and oxygen atoms in total. The van der Waals surface area contributed by atoms with Crippen LogP contribution in [-0.2, 0) is 19.9 Å². The lowest BCUT2D eigenvalue weighted by Gasteiger charge is -2.10. The van der Waals surface area contributed by atoms with Gasteiger partial charge in [-0.2, -0.15) is 4.98 Å². The summed E-state index contributed by atoms with van der Waals surface area (Å²) >= 11 is 3.10. The Kier molecular flexibility index (Phi) is 4.28. The molecule has 0 aliphatic heterocycles. The average molecular weight is 412 g/mol. The zero-order chi connectivity index (χ0) is 19.3. The van der Waals surface area contributed by atoms with Gasteiger partial charge in [-0.05, 0) is 43.9 Å². The van der Waals surface area contributed by atoms with Crippen LogP contribution in [0.25, 0.3) is 21.6 Å². The largest absolute Gasteiger partial charge is 0.338 e. The molecule has 0 fully saturated rings. The van der Waals surface area contributed by atoms with Crippen molar-refractivity contribution in [3.63, 3.8) is 0 Å². The monoisotopic (exact) mass is 411 g/mol. The Bertz CT molecular complexity index is 1230. The van der Waals surface area contributed by atoms with E-state index in [0.717, 1.165) is 35.0 Å². The number of thioether (sulfide) groups is 1. The first-order valence-electron chi connectivity index (χ1n) is 9.03. The summed E-state index contributed by atoms with van der Waals surface area (Å²) in [5, 5.41) is 5.39. The van der Waals surface area contributed by atoms with E-state index in [4.69, 9.17) is 9.51 Å². The predicted molar refractivity (Wildman–Crippen MR) is 109 cm³/mol. The Morgan fingerprint density at radius 2 is 2.07 bits per heavy atom. The van der Waals surface area contributed by atoms with Crippen LogP contribution in [0.2, 0.25) is 0 Å². The molecule has 1 aliphatic rings. The van der Waals surface area contributed by atoms with Gasteiger partial charge in [0.25, 0.3) is 5.56 Å². The Morgan fingerprint density at radius 1 is 1.25 bits per heavy atom. The molecule has 1 atom stereocenters. The molecule has 4 aromatic heterocycles. The fourth-order valence-electron chi connectivity index (χ4n) is 3.44. The second-order valence-corrected chi connectivity index (χ2v) is 9.14. The first-order valence-corrected chi connectivity index (χ1v) is 10.7. The summed E-state index contributed by atoms with van der Waals surface area (Å²) in [6, 6.07) is 3.67. The smallest absolute Gasteiger partial charge is 0.262 e. The maximum atomic E-state index is 12.9. The summed E-state index contributed by atoms with van der Waals surface area (Å²) in [6.07, 6.45) is 6.55. The van der Waals surface area contributed by atoms with Gasteiger partial charge in [0.2, 0.25) is 11.7 Å². The van der Waals surface area contributed by atoms with Crippen LogP contribution >= 0.6 is 23.1 Å². The fourth-order valence-corrected chi connectivity index (χ4v) is 5.65. The van der Waals surface area contributed by atoms with Crippen LogP contribution in [0.1, 0.15) is 34.9 Å². The minimum atomic E-state index is -0.134. The van der Waals surface area contributed by atoms with E-state index in [-0.39, 0.29) is 10.8 Å². The minimum absolute atomic E-state index is 0.0297. The van der Waals surface area contributed by atoms with Crippen molar-refractivity contribution in [2.24, 2.45) is 7.05 Å². The normalized spacial score (nSPS) is 14.5. The maximum absolute atomic E-state index is 12.9. The molecule has 0 amide bonds. The number of hydrogen-bond donors (Lipinski definition) is 0. The number of fused-ring (bicyclic) bond motifs is 3. The highest BCUT2D eigenvalue weighted by Crippen LogP contribution is 2.38. The Morgan fingerprint density at radius 3 is 2.89 bits per heavy atom. The lowest BCUT2D eigenvalue weighted by Crippen LogP contribution is -2.20. The van der Waals surface area contributed by atoms with Crippen molar-refractivity contribution in [1.29, 1.82) is 0 Å². The highest BCUT2D eigenvalue weighted by Gasteiger charge is 2.24. The molecule has 5 rings (SSSR count). The van der Waals surface area contributed by atoms with Gasteiger partial charge in [-0.15, -0.1) is 11.3 Å². The van der Waals surface area contributed by atoms with Crippen molar-refractivity contribution in [3.8, 4) is 11.4 Å². The van der Waals surface area contributed by atoms with Gasteiger partial charge < -0.3 is 4.52 Å². The maximum Gasteiger partial charge on any atom is 0.262 e. The van der Waals surface area contributed by atoms with Gasteiger partial charge in [-0.1, -0.05) is 16.9 Å². The van der Waals surface area contributed by atoms with E-state index < -0.39 is 0 Å². The third-order valence-corrected chi connectivity index (χ3v) is 7.23. The Labute approximate surface area is 168 Å². The van der Waals surface area contributed by atoms with E-state index >= 15 is 0 Å². The molecule has 9 heteroatoms. The molecular weight excluding hydrogens is 394 g/mol. The number of aromatic nitrogens is 5. The molecule has 0 saturated heterocycles. The van der Waals surface area contributed by atoms with Crippen LogP contribution in [0.15, 0.2) is 39.0 Å².